The van der Waals surface area contributed by atoms with Crippen molar-refractivity contribution in [1.29, 1.82) is 0 Å². The number of aliphatic hydroxyl groups is 1. The van der Waals surface area contributed by atoms with Crippen molar-refractivity contribution in [2.75, 3.05) is 24.7 Å². The van der Waals surface area contributed by atoms with E-state index in [2.05, 4.69) is 30.2 Å². The molecule has 4 aromatic rings. The number of aromatic nitrogens is 8. The number of ether oxygens (including phenoxy) is 2. The lowest BCUT2D eigenvalue weighted by molar-refractivity contribution is -0.0569. The van der Waals surface area contributed by atoms with Gasteiger partial charge in [-0.05, 0) is 29.7 Å². The highest BCUT2D eigenvalue weighted by atomic mass is 32.5. The van der Waals surface area contributed by atoms with Gasteiger partial charge in [-0.25, -0.2) is 9.97 Å². The number of nitrogens with one attached hydrogen (secondary N) is 1. The number of fused-ring (bicyclic) bond motifs is 2. The summed E-state index contributed by atoms with van der Waals surface area (Å²) in [7, 11) is -2.43. The van der Waals surface area contributed by atoms with E-state index in [0.717, 1.165) is 0 Å². The molecule has 3 unspecified atom stereocenters. The summed E-state index contributed by atoms with van der Waals surface area (Å²) in [6, 6.07) is 1.75. The van der Waals surface area contributed by atoms with Gasteiger partial charge in [-0.2, -0.15) is 9.67 Å². The van der Waals surface area contributed by atoms with Gasteiger partial charge in [-0.15, -0.1) is 5.10 Å². The zero-order valence-corrected chi connectivity index (χ0v) is 25.4. The molecule has 0 saturated carbocycles. The number of H-pyrrole nitrogens is 1. The third kappa shape index (κ3) is 6.35. The van der Waals surface area contributed by atoms with E-state index in [0.29, 0.717) is 16.9 Å². The number of anilines is 2. The Balaban J connectivity index is 1.16. The number of rotatable bonds is 10. The van der Waals surface area contributed by atoms with Gasteiger partial charge in [0.15, 0.2) is 24.5 Å². The highest BCUT2D eigenvalue weighted by molar-refractivity contribution is 8.07. The molecule has 0 spiro atoms. The molecule has 8 N–H and O–H groups in total. The van der Waals surface area contributed by atoms with E-state index in [-0.39, 0.29) is 43.2 Å². The zero-order valence-electron chi connectivity index (χ0n) is 21.9. The van der Waals surface area contributed by atoms with E-state index in [4.69, 9.17) is 58.1 Å². The maximum atomic E-state index is 12.3. The molecule has 8 atom stereocenters. The topological polar surface area (TPSA) is 266 Å². The van der Waals surface area contributed by atoms with Crippen LogP contribution in [0, 0.1) is 0 Å². The second-order valence-electron chi connectivity index (χ2n) is 9.68. The molecule has 43 heavy (non-hydrogen) atoms. The van der Waals surface area contributed by atoms with Crippen molar-refractivity contribution in [1.82, 2.24) is 39.5 Å². The minimum atomic E-state index is -3.99. The fourth-order valence-corrected chi connectivity index (χ4v) is 6.93. The van der Waals surface area contributed by atoms with Crippen LogP contribution in [0.5, 0.6) is 0 Å². The van der Waals surface area contributed by atoms with Crippen LogP contribution in [0.4, 0.5) is 11.8 Å². The summed E-state index contributed by atoms with van der Waals surface area (Å²) in [5.41, 5.74) is 11.4. The van der Waals surface area contributed by atoms with Gasteiger partial charge in [-0.3, -0.25) is 9.78 Å². The molecule has 6 rings (SSSR count). The Morgan fingerprint density at radius 3 is 2.84 bits per heavy atom. The maximum Gasteiger partial charge on any atom is 0.325 e. The van der Waals surface area contributed by atoms with E-state index in [9.17, 15) is 19.7 Å². The van der Waals surface area contributed by atoms with E-state index >= 15 is 0 Å². The van der Waals surface area contributed by atoms with E-state index in [1.807, 2.05) is 0 Å². The smallest absolute Gasteiger partial charge is 0.325 e. The van der Waals surface area contributed by atoms with Crippen LogP contribution >= 0.6 is 13.9 Å². The third-order valence-corrected chi connectivity index (χ3v) is 9.21. The Kier molecular flexibility index (Phi) is 8.59. The summed E-state index contributed by atoms with van der Waals surface area (Å²) in [5, 5.41) is 19.1. The standard InChI is InChI=1S/C20H26N10O9P2S2/c21-15-9-1-2-29(16(9)24-7-23-15)13-4-10(31)12(38-13)6-36-41(34,43)39-11-3-8(5-35-40(33)42)37-19(11)30-17-14(27-28-30)18(32)26-20(22)25-17/h1-2,7-8,10-13,19,31,40H,3-6H2,(H,33,42)(H,34,43)(H2,21,23,24)(H3,22,25,26,32)/t8-,10-,11+,12?,13+,19+,41?/m0/s1. The first-order valence-corrected chi connectivity index (χ1v) is 17.7. The van der Waals surface area contributed by atoms with Crippen LogP contribution in [-0.4, -0.2) is 92.0 Å². The molecular weight excluding hydrogens is 650 g/mol. The van der Waals surface area contributed by atoms with Crippen molar-refractivity contribution in [2.45, 2.75) is 49.7 Å². The molecule has 6 heterocycles. The Labute approximate surface area is 251 Å². The Morgan fingerprint density at radius 1 is 1.23 bits per heavy atom. The van der Waals surface area contributed by atoms with E-state index in [1.165, 1.54) is 11.0 Å². The average Bonchev–Trinajstić information content (AvgIpc) is 3.71. The predicted octanol–water partition coefficient (Wildman–Crippen LogP) is -0.807. The molecule has 0 aliphatic carbocycles. The molecule has 2 fully saturated rings. The number of aromatic amines is 1. The summed E-state index contributed by atoms with van der Waals surface area (Å²) in [6.07, 6.45) is -1.78. The number of nitrogens with zero attached hydrogens (tertiary/aromatic N) is 7. The number of nitrogen functional groups attached to an aromatic ring is 2. The van der Waals surface area contributed by atoms with Gasteiger partial charge >= 0.3 is 6.72 Å². The van der Waals surface area contributed by atoms with Crippen molar-refractivity contribution in [3.05, 3.63) is 28.9 Å². The summed E-state index contributed by atoms with van der Waals surface area (Å²) < 4.78 is 31.5. The fraction of sp³-hybridized carbons (Fsp3) is 0.500. The lowest BCUT2D eigenvalue weighted by Gasteiger charge is -2.25. The second kappa shape index (κ2) is 12.1. The van der Waals surface area contributed by atoms with Gasteiger partial charge in [0.1, 0.15) is 36.2 Å². The van der Waals surface area contributed by atoms with Gasteiger partial charge in [0, 0.05) is 19.0 Å². The average molecular weight is 677 g/mol. The fourth-order valence-electron chi connectivity index (χ4n) is 4.95. The molecule has 2 saturated heterocycles. The summed E-state index contributed by atoms with van der Waals surface area (Å²) in [4.78, 5) is 47.4. The normalized spacial score (nSPS) is 28.1. The molecule has 2 aliphatic rings. The van der Waals surface area contributed by atoms with Crippen molar-refractivity contribution >= 4 is 71.4 Å². The van der Waals surface area contributed by atoms with Crippen LogP contribution in [0.15, 0.2) is 23.4 Å². The highest BCUT2D eigenvalue weighted by Crippen LogP contribution is 2.50. The molecule has 0 bridgehead atoms. The van der Waals surface area contributed by atoms with Crippen LogP contribution in [0.3, 0.4) is 0 Å². The third-order valence-electron chi connectivity index (χ3n) is 6.86. The minimum absolute atomic E-state index is 0.00170. The molecule has 2 aliphatic heterocycles. The summed E-state index contributed by atoms with van der Waals surface area (Å²) >= 11 is 10.0. The molecular formula is C20H26N10O9P2S2. The van der Waals surface area contributed by atoms with Crippen LogP contribution in [0.2, 0.25) is 0 Å². The lowest BCUT2D eigenvalue weighted by atomic mass is 10.2. The first-order valence-electron chi connectivity index (χ1n) is 12.7. The predicted molar refractivity (Wildman–Crippen MR) is 157 cm³/mol. The largest absolute Gasteiger partial charge is 0.390 e. The number of aliphatic hydroxyl groups excluding tert-OH is 1. The van der Waals surface area contributed by atoms with Crippen LogP contribution < -0.4 is 17.0 Å². The van der Waals surface area contributed by atoms with Crippen molar-refractivity contribution in [3.8, 4) is 0 Å². The quantitative estimate of drug-likeness (QED) is 0.112. The van der Waals surface area contributed by atoms with Crippen molar-refractivity contribution < 1.29 is 37.9 Å². The molecule has 4 aromatic heterocycles. The maximum absolute atomic E-state index is 12.3. The van der Waals surface area contributed by atoms with Crippen molar-refractivity contribution in [2.24, 2.45) is 0 Å². The second-order valence-corrected chi connectivity index (χ2v) is 14.3. The Hall–Kier alpha value is -2.52. The lowest BCUT2D eigenvalue weighted by Crippen LogP contribution is -2.27. The van der Waals surface area contributed by atoms with Gasteiger partial charge < -0.3 is 54.0 Å². The number of hydrogen-bond donors (Lipinski definition) is 6. The van der Waals surface area contributed by atoms with Gasteiger partial charge in [0.2, 0.25) is 5.95 Å². The minimum Gasteiger partial charge on any atom is -0.390 e. The first kappa shape index (κ1) is 30.5. The molecule has 0 amide bonds. The molecule has 23 heteroatoms. The van der Waals surface area contributed by atoms with Crippen LogP contribution in [0.1, 0.15) is 25.3 Å². The zero-order chi connectivity index (χ0) is 30.5. The monoisotopic (exact) mass is 676 g/mol. The van der Waals surface area contributed by atoms with Gasteiger partial charge in [0.25, 0.3) is 5.56 Å². The molecule has 232 valence electrons. The van der Waals surface area contributed by atoms with E-state index < -0.39 is 56.3 Å². The van der Waals surface area contributed by atoms with Crippen LogP contribution in [-0.2, 0) is 46.7 Å². The number of hydrogen-bond acceptors (Lipinski definition) is 16. The molecule has 19 nitrogen and oxygen atoms in total. The van der Waals surface area contributed by atoms with Crippen molar-refractivity contribution in [3.63, 3.8) is 0 Å². The van der Waals surface area contributed by atoms with E-state index in [1.54, 1.807) is 16.8 Å². The Morgan fingerprint density at radius 2 is 2.05 bits per heavy atom. The molecule has 0 radical (unpaired) electrons. The summed E-state index contributed by atoms with van der Waals surface area (Å²) in [6.45, 7) is -4.37. The number of nitrogens with two attached hydrogens (primary N) is 2. The van der Waals surface area contributed by atoms with Gasteiger partial charge in [-0.1, -0.05) is 5.21 Å². The SMILES string of the molecule is Nc1nc2c(nnn2[C@@H]2O[C@H](CO[PH](O)=S)C[C@H]2OP(O)(=S)OCC2O[C@@H](n3ccc4c(N)ncnc43)C[C@@H]2O)c(=O)[nH]1. The van der Waals surface area contributed by atoms with Gasteiger partial charge in [0.05, 0.1) is 30.8 Å². The highest BCUT2D eigenvalue weighted by Gasteiger charge is 2.43. The molecule has 0 aromatic carbocycles. The Bertz CT molecular complexity index is 1790. The first-order chi connectivity index (χ1) is 20.5. The van der Waals surface area contributed by atoms with Crippen LogP contribution in [0.25, 0.3) is 22.2 Å². The summed E-state index contributed by atoms with van der Waals surface area (Å²) in [5.74, 6) is 0.137.